The number of hydrogen-bond donors (Lipinski definition) is 1. The Hall–Kier alpha value is -2.45. The van der Waals surface area contributed by atoms with E-state index < -0.39 is 21.7 Å². The number of nitrogens with one attached hydrogen (secondary N) is 1. The lowest BCUT2D eigenvalue weighted by atomic mass is 10.1. The maximum atomic E-state index is 13.7. The van der Waals surface area contributed by atoms with Crippen LogP contribution in [0.5, 0.6) is 0 Å². The van der Waals surface area contributed by atoms with Gasteiger partial charge in [-0.15, -0.1) is 0 Å². The lowest BCUT2D eigenvalue weighted by Gasteiger charge is -2.20. The summed E-state index contributed by atoms with van der Waals surface area (Å²) in [6, 6.07) is 10.5. The number of nitrogens with zero attached hydrogens (tertiary/aromatic N) is 2. The van der Waals surface area contributed by atoms with Crippen molar-refractivity contribution in [3.63, 3.8) is 0 Å². The van der Waals surface area contributed by atoms with Crippen LogP contribution in [0.15, 0.2) is 47.4 Å². The van der Waals surface area contributed by atoms with E-state index in [1.807, 2.05) is 0 Å². The van der Waals surface area contributed by atoms with Gasteiger partial charge in [-0.05, 0) is 29.8 Å². The number of carbonyl (C=O) groups excluding carboxylic acids is 1. The minimum atomic E-state index is -3.64. The van der Waals surface area contributed by atoms with Crippen LogP contribution in [-0.2, 0) is 21.2 Å². The fourth-order valence-corrected chi connectivity index (χ4v) is 3.31. The van der Waals surface area contributed by atoms with Gasteiger partial charge in [-0.1, -0.05) is 18.2 Å². The fraction of sp³-hybridized carbons (Fsp3) is 0.278. The van der Waals surface area contributed by atoms with E-state index in [0.29, 0.717) is 11.4 Å². The molecular formula is C18H22FN3O3S. The van der Waals surface area contributed by atoms with Crippen LogP contribution in [0.3, 0.4) is 0 Å². The first kappa shape index (κ1) is 19.9. The number of sulfonamides is 1. The molecule has 0 unspecified atom stereocenters. The second-order valence-corrected chi connectivity index (χ2v) is 8.33. The number of anilines is 2. The van der Waals surface area contributed by atoms with Crippen LogP contribution in [0.1, 0.15) is 5.56 Å². The Balaban J connectivity index is 2.34. The molecule has 0 saturated heterocycles. The van der Waals surface area contributed by atoms with Crippen LogP contribution in [0.4, 0.5) is 15.8 Å². The number of halogens is 1. The molecule has 0 radical (unpaired) electrons. The van der Waals surface area contributed by atoms with Gasteiger partial charge in [-0.2, -0.15) is 0 Å². The van der Waals surface area contributed by atoms with Crippen LogP contribution in [0, 0.1) is 5.82 Å². The summed E-state index contributed by atoms with van der Waals surface area (Å²) in [7, 11) is 2.79. The van der Waals surface area contributed by atoms with Gasteiger partial charge in [0.2, 0.25) is 15.9 Å². The summed E-state index contributed by atoms with van der Waals surface area (Å²) in [5.41, 5.74) is 1.26. The van der Waals surface area contributed by atoms with Gasteiger partial charge in [0.15, 0.2) is 0 Å². The molecule has 0 fully saturated rings. The molecule has 140 valence electrons. The highest BCUT2D eigenvalue weighted by molar-refractivity contribution is 7.89. The Kier molecular flexibility index (Phi) is 5.99. The highest BCUT2D eigenvalue weighted by Gasteiger charge is 2.20. The molecule has 0 atom stereocenters. The summed E-state index contributed by atoms with van der Waals surface area (Å²) < 4.78 is 39.5. The van der Waals surface area contributed by atoms with Crippen molar-refractivity contribution >= 4 is 27.3 Å². The fourth-order valence-electron chi connectivity index (χ4n) is 2.39. The van der Waals surface area contributed by atoms with Gasteiger partial charge in [0.1, 0.15) is 5.82 Å². The van der Waals surface area contributed by atoms with Gasteiger partial charge in [0.05, 0.1) is 22.7 Å². The third-order valence-electron chi connectivity index (χ3n) is 3.81. The third kappa shape index (κ3) is 4.39. The van der Waals surface area contributed by atoms with E-state index in [1.54, 1.807) is 37.2 Å². The van der Waals surface area contributed by atoms with Gasteiger partial charge in [0, 0.05) is 28.2 Å². The highest BCUT2D eigenvalue weighted by atomic mass is 32.2. The molecule has 0 aliphatic rings. The number of hydrogen-bond acceptors (Lipinski definition) is 4. The Morgan fingerprint density at radius 2 is 1.73 bits per heavy atom. The summed E-state index contributed by atoms with van der Waals surface area (Å²) in [4.78, 5) is 14.2. The van der Waals surface area contributed by atoms with Crippen molar-refractivity contribution in [2.24, 2.45) is 0 Å². The number of rotatable bonds is 6. The Morgan fingerprint density at radius 1 is 1.08 bits per heavy atom. The summed E-state index contributed by atoms with van der Waals surface area (Å²) in [5.74, 6) is -0.892. The number of carbonyl (C=O) groups is 1. The molecule has 1 N–H and O–H groups in total. The molecule has 6 nitrogen and oxygen atoms in total. The standard InChI is InChI=1S/C18H22FN3O3S/c1-21(2)17-10-9-14(26(24,25)22(3)4)12-16(17)20-18(23)11-13-7-5-6-8-15(13)19/h5-10,12H,11H2,1-4H3,(H,20,23). The largest absolute Gasteiger partial charge is 0.376 e. The Morgan fingerprint density at radius 3 is 2.31 bits per heavy atom. The van der Waals surface area contributed by atoms with Crippen LogP contribution in [0.2, 0.25) is 0 Å². The molecule has 0 aliphatic carbocycles. The average molecular weight is 379 g/mol. The SMILES string of the molecule is CN(C)c1ccc(S(=O)(=O)N(C)C)cc1NC(=O)Cc1ccccc1F. The normalized spacial score (nSPS) is 11.5. The maximum Gasteiger partial charge on any atom is 0.242 e. The van der Waals surface area contributed by atoms with Crippen molar-refractivity contribution in [2.75, 3.05) is 38.4 Å². The van der Waals surface area contributed by atoms with Gasteiger partial charge in [-0.3, -0.25) is 4.79 Å². The van der Waals surface area contributed by atoms with Crippen molar-refractivity contribution in [1.29, 1.82) is 0 Å². The third-order valence-corrected chi connectivity index (χ3v) is 5.62. The second-order valence-electron chi connectivity index (χ2n) is 6.18. The van der Waals surface area contributed by atoms with E-state index in [4.69, 9.17) is 0 Å². The Bertz CT molecular complexity index is 912. The summed E-state index contributed by atoms with van der Waals surface area (Å²) >= 11 is 0. The monoisotopic (exact) mass is 379 g/mol. The van der Waals surface area contributed by atoms with Crippen LogP contribution in [-0.4, -0.2) is 46.8 Å². The smallest absolute Gasteiger partial charge is 0.242 e. The molecule has 1 amide bonds. The molecule has 0 heterocycles. The first-order valence-electron chi connectivity index (χ1n) is 7.90. The number of benzene rings is 2. The van der Waals surface area contributed by atoms with Gasteiger partial charge in [-0.25, -0.2) is 17.1 Å². The van der Waals surface area contributed by atoms with Crippen molar-refractivity contribution in [1.82, 2.24) is 4.31 Å². The zero-order valence-corrected chi connectivity index (χ0v) is 16.0. The molecule has 0 saturated carbocycles. The minimum absolute atomic E-state index is 0.0642. The van der Waals surface area contributed by atoms with Gasteiger partial charge >= 0.3 is 0 Å². The molecule has 2 aromatic rings. The molecule has 2 aromatic carbocycles. The summed E-state index contributed by atoms with van der Waals surface area (Å²) in [6.07, 6.45) is -0.149. The molecule has 2 rings (SSSR count). The average Bonchev–Trinajstić information content (AvgIpc) is 2.56. The molecule has 0 aromatic heterocycles. The molecule has 0 bridgehead atoms. The van der Waals surface area contributed by atoms with Crippen molar-refractivity contribution < 1.29 is 17.6 Å². The molecule has 8 heteroatoms. The lowest BCUT2D eigenvalue weighted by molar-refractivity contribution is -0.115. The van der Waals surface area contributed by atoms with Crippen LogP contribution in [0.25, 0.3) is 0 Å². The van der Waals surface area contributed by atoms with Crippen molar-refractivity contribution in [3.05, 3.63) is 53.8 Å². The van der Waals surface area contributed by atoms with E-state index in [2.05, 4.69) is 5.32 Å². The quantitative estimate of drug-likeness (QED) is 0.836. The molecule has 0 aliphatic heterocycles. The van der Waals surface area contributed by atoms with E-state index in [-0.39, 0.29) is 16.9 Å². The second kappa shape index (κ2) is 7.84. The van der Waals surface area contributed by atoms with E-state index in [0.717, 1.165) is 4.31 Å². The Labute approximate surface area is 153 Å². The van der Waals surface area contributed by atoms with Crippen molar-refractivity contribution in [3.8, 4) is 0 Å². The lowest BCUT2D eigenvalue weighted by Crippen LogP contribution is -2.23. The topological polar surface area (TPSA) is 69.7 Å². The summed E-state index contributed by atoms with van der Waals surface area (Å²) in [6.45, 7) is 0. The molecular weight excluding hydrogens is 357 g/mol. The van der Waals surface area contributed by atoms with Crippen molar-refractivity contribution in [2.45, 2.75) is 11.3 Å². The first-order valence-corrected chi connectivity index (χ1v) is 9.34. The zero-order chi connectivity index (χ0) is 19.5. The zero-order valence-electron chi connectivity index (χ0n) is 15.2. The van der Waals surface area contributed by atoms with Crippen LogP contribution >= 0.6 is 0 Å². The molecule has 26 heavy (non-hydrogen) atoms. The summed E-state index contributed by atoms with van der Waals surface area (Å²) in [5, 5.41) is 2.69. The molecule has 0 spiro atoms. The van der Waals surface area contributed by atoms with E-state index in [9.17, 15) is 17.6 Å². The minimum Gasteiger partial charge on any atom is -0.376 e. The predicted octanol–water partition coefficient (Wildman–Crippen LogP) is 2.32. The van der Waals surface area contributed by atoms with Gasteiger partial charge < -0.3 is 10.2 Å². The number of amides is 1. The van der Waals surface area contributed by atoms with Crippen LogP contribution < -0.4 is 10.2 Å². The maximum absolute atomic E-state index is 13.7. The first-order chi connectivity index (χ1) is 12.1. The predicted molar refractivity (Wildman–Crippen MR) is 100 cm³/mol. The highest BCUT2D eigenvalue weighted by Crippen LogP contribution is 2.28. The van der Waals surface area contributed by atoms with Gasteiger partial charge in [0.25, 0.3) is 0 Å². The van der Waals surface area contributed by atoms with E-state index in [1.165, 1.54) is 38.4 Å². The van der Waals surface area contributed by atoms with E-state index >= 15 is 0 Å².